The van der Waals surface area contributed by atoms with Crippen LogP contribution >= 0.6 is 0 Å². The summed E-state index contributed by atoms with van der Waals surface area (Å²) >= 11 is 0. The van der Waals surface area contributed by atoms with E-state index in [1.807, 2.05) is 67.9 Å². The van der Waals surface area contributed by atoms with Gasteiger partial charge in [-0.05, 0) is 44.0 Å². The molecule has 4 rings (SSSR count). The van der Waals surface area contributed by atoms with Crippen molar-refractivity contribution in [2.24, 2.45) is 0 Å². The van der Waals surface area contributed by atoms with E-state index < -0.39 is 6.10 Å². The maximum Gasteiger partial charge on any atom is 0.266 e. The fraction of sp³-hybridized carbons (Fsp3) is 0.261. The first-order valence-electron chi connectivity index (χ1n) is 9.86. The van der Waals surface area contributed by atoms with Gasteiger partial charge in [-0.2, -0.15) is 5.10 Å². The number of aryl methyl sites for hydroxylation is 2. The Bertz CT molecular complexity index is 1110. The lowest BCUT2D eigenvalue weighted by Crippen LogP contribution is -2.39. The third-order valence-electron chi connectivity index (χ3n) is 5.15. The zero-order valence-corrected chi connectivity index (χ0v) is 17.2. The topological polar surface area (TPSA) is 85.3 Å². The molecule has 2 N–H and O–H groups in total. The standard InChI is InChI=1S/C23H24N4O3/c1-14-9-10-19-18(11-14)24-23(29)20(30-19)12-21(28)25-22-15(2)26-27(16(22)3)13-17-7-5-4-6-8-17/h4-11,20H,12-13H2,1-3H3,(H,24,29)(H,25,28). The summed E-state index contributed by atoms with van der Waals surface area (Å²) in [5, 5.41) is 10.3. The van der Waals surface area contributed by atoms with Crippen LogP contribution in [0, 0.1) is 20.8 Å². The van der Waals surface area contributed by atoms with Crippen LogP contribution < -0.4 is 15.4 Å². The van der Waals surface area contributed by atoms with Gasteiger partial charge >= 0.3 is 0 Å². The minimum absolute atomic E-state index is 0.0815. The average Bonchev–Trinajstić information content (AvgIpc) is 2.97. The van der Waals surface area contributed by atoms with Gasteiger partial charge in [0, 0.05) is 0 Å². The van der Waals surface area contributed by atoms with Crippen LogP contribution in [-0.2, 0) is 16.1 Å². The van der Waals surface area contributed by atoms with E-state index in [2.05, 4.69) is 15.7 Å². The van der Waals surface area contributed by atoms with Crippen LogP contribution in [0.2, 0.25) is 0 Å². The number of carbonyl (C=O) groups excluding carboxylic acids is 2. The minimum atomic E-state index is -0.875. The number of amides is 2. The number of anilines is 2. The van der Waals surface area contributed by atoms with Crippen molar-refractivity contribution in [3.8, 4) is 5.75 Å². The molecule has 1 aliphatic rings. The monoisotopic (exact) mass is 404 g/mol. The first kappa shape index (κ1) is 19.7. The molecule has 7 heteroatoms. The summed E-state index contributed by atoms with van der Waals surface area (Å²) in [5.74, 6) is -0.0475. The smallest absolute Gasteiger partial charge is 0.266 e. The Morgan fingerprint density at radius 2 is 1.93 bits per heavy atom. The highest BCUT2D eigenvalue weighted by Gasteiger charge is 2.30. The highest BCUT2D eigenvalue weighted by molar-refractivity contribution is 6.02. The number of aromatic nitrogens is 2. The molecule has 0 fully saturated rings. The third kappa shape index (κ3) is 4.05. The Labute approximate surface area is 175 Å². The quantitative estimate of drug-likeness (QED) is 0.681. The highest BCUT2D eigenvalue weighted by atomic mass is 16.5. The Balaban J connectivity index is 1.44. The van der Waals surface area contributed by atoms with Crippen LogP contribution in [-0.4, -0.2) is 27.7 Å². The molecule has 1 atom stereocenters. The van der Waals surface area contributed by atoms with Gasteiger partial charge in [0.2, 0.25) is 5.91 Å². The van der Waals surface area contributed by atoms with Gasteiger partial charge in [0.05, 0.1) is 35.7 Å². The van der Waals surface area contributed by atoms with Gasteiger partial charge in [0.25, 0.3) is 5.91 Å². The van der Waals surface area contributed by atoms with Crippen molar-refractivity contribution in [2.45, 2.75) is 39.8 Å². The fourth-order valence-corrected chi connectivity index (χ4v) is 3.55. The summed E-state index contributed by atoms with van der Waals surface area (Å²) in [6, 6.07) is 15.6. The second kappa shape index (κ2) is 8.02. The molecule has 2 amide bonds. The molecule has 30 heavy (non-hydrogen) atoms. The summed E-state index contributed by atoms with van der Waals surface area (Å²) in [5.41, 5.74) is 5.04. The van der Waals surface area contributed by atoms with E-state index in [0.717, 1.165) is 22.5 Å². The maximum absolute atomic E-state index is 12.7. The molecule has 0 radical (unpaired) electrons. The van der Waals surface area contributed by atoms with E-state index in [0.29, 0.717) is 23.7 Å². The van der Waals surface area contributed by atoms with E-state index in [1.165, 1.54) is 0 Å². The van der Waals surface area contributed by atoms with Gasteiger partial charge in [-0.15, -0.1) is 0 Å². The lowest BCUT2D eigenvalue weighted by Gasteiger charge is -2.25. The van der Waals surface area contributed by atoms with Gasteiger partial charge in [0.1, 0.15) is 5.75 Å². The van der Waals surface area contributed by atoms with E-state index in [9.17, 15) is 9.59 Å². The first-order chi connectivity index (χ1) is 14.4. The number of carbonyl (C=O) groups is 2. The van der Waals surface area contributed by atoms with Gasteiger partial charge in [-0.1, -0.05) is 36.4 Å². The Hall–Kier alpha value is -3.61. The minimum Gasteiger partial charge on any atom is -0.478 e. The molecule has 3 aromatic rings. The lowest BCUT2D eigenvalue weighted by atomic mass is 10.1. The zero-order valence-electron chi connectivity index (χ0n) is 17.2. The van der Waals surface area contributed by atoms with Crippen molar-refractivity contribution in [3.05, 3.63) is 71.0 Å². The van der Waals surface area contributed by atoms with E-state index >= 15 is 0 Å². The number of fused-ring (bicyclic) bond motifs is 1. The summed E-state index contributed by atoms with van der Waals surface area (Å²) in [6.07, 6.45) is -0.956. The van der Waals surface area contributed by atoms with Crippen molar-refractivity contribution in [2.75, 3.05) is 10.6 Å². The van der Waals surface area contributed by atoms with Gasteiger partial charge in [-0.3, -0.25) is 14.3 Å². The number of nitrogens with one attached hydrogen (secondary N) is 2. The number of benzene rings is 2. The van der Waals surface area contributed by atoms with Crippen LogP contribution in [0.3, 0.4) is 0 Å². The SMILES string of the molecule is Cc1ccc2c(c1)NC(=O)C(CC(=O)Nc1c(C)nn(Cc3ccccc3)c1C)O2. The van der Waals surface area contributed by atoms with Gasteiger partial charge < -0.3 is 15.4 Å². The second-order valence-corrected chi connectivity index (χ2v) is 7.54. The van der Waals surface area contributed by atoms with E-state index in [4.69, 9.17) is 4.74 Å². The van der Waals surface area contributed by atoms with Crippen molar-refractivity contribution in [1.82, 2.24) is 9.78 Å². The molecule has 7 nitrogen and oxygen atoms in total. The predicted molar refractivity (Wildman–Crippen MR) is 115 cm³/mol. The lowest BCUT2D eigenvalue weighted by molar-refractivity contribution is -0.128. The van der Waals surface area contributed by atoms with Crippen LogP contribution in [0.15, 0.2) is 48.5 Å². The first-order valence-corrected chi connectivity index (χ1v) is 9.86. The molecular weight excluding hydrogens is 380 g/mol. The molecule has 1 aromatic heterocycles. The van der Waals surface area contributed by atoms with Crippen molar-refractivity contribution in [3.63, 3.8) is 0 Å². The summed E-state index contributed by atoms with van der Waals surface area (Å²) in [6.45, 7) is 6.33. The molecule has 0 spiro atoms. The number of nitrogens with zero attached hydrogens (tertiary/aromatic N) is 2. The van der Waals surface area contributed by atoms with Crippen molar-refractivity contribution < 1.29 is 14.3 Å². The van der Waals surface area contributed by atoms with Crippen molar-refractivity contribution in [1.29, 1.82) is 0 Å². The van der Waals surface area contributed by atoms with E-state index in [-0.39, 0.29) is 18.2 Å². The fourth-order valence-electron chi connectivity index (χ4n) is 3.55. The molecule has 1 aliphatic heterocycles. The summed E-state index contributed by atoms with van der Waals surface area (Å²) in [4.78, 5) is 25.0. The Kier molecular flexibility index (Phi) is 5.27. The summed E-state index contributed by atoms with van der Waals surface area (Å²) in [7, 11) is 0. The molecule has 0 saturated carbocycles. The maximum atomic E-state index is 12.7. The number of hydrogen-bond donors (Lipinski definition) is 2. The third-order valence-corrected chi connectivity index (χ3v) is 5.15. The van der Waals surface area contributed by atoms with Crippen LogP contribution in [0.1, 0.15) is 28.9 Å². The van der Waals surface area contributed by atoms with Gasteiger partial charge in [-0.25, -0.2) is 0 Å². The molecule has 1 unspecified atom stereocenters. The Morgan fingerprint density at radius 3 is 2.70 bits per heavy atom. The molecule has 0 bridgehead atoms. The highest BCUT2D eigenvalue weighted by Crippen LogP contribution is 2.31. The molecule has 0 saturated heterocycles. The van der Waals surface area contributed by atoms with Crippen LogP contribution in [0.5, 0.6) is 5.75 Å². The van der Waals surface area contributed by atoms with Crippen molar-refractivity contribution >= 4 is 23.2 Å². The van der Waals surface area contributed by atoms with Gasteiger partial charge in [0.15, 0.2) is 6.10 Å². The normalized spacial score (nSPS) is 15.2. The number of ether oxygens (including phenoxy) is 1. The largest absolute Gasteiger partial charge is 0.478 e. The molecule has 2 heterocycles. The predicted octanol–water partition coefficient (Wildman–Crippen LogP) is 3.58. The van der Waals surface area contributed by atoms with E-state index in [1.54, 1.807) is 6.07 Å². The van der Waals surface area contributed by atoms with Crippen LogP contribution in [0.25, 0.3) is 0 Å². The Morgan fingerprint density at radius 1 is 1.17 bits per heavy atom. The zero-order chi connectivity index (χ0) is 21.3. The molecular formula is C23H24N4O3. The molecule has 0 aliphatic carbocycles. The molecule has 154 valence electrons. The number of rotatable bonds is 5. The van der Waals surface area contributed by atoms with Crippen LogP contribution in [0.4, 0.5) is 11.4 Å². The summed E-state index contributed by atoms with van der Waals surface area (Å²) < 4.78 is 7.62. The number of hydrogen-bond acceptors (Lipinski definition) is 4. The average molecular weight is 404 g/mol. The molecule has 2 aromatic carbocycles. The second-order valence-electron chi connectivity index (χ2n) is 7.54.